The van der Waals surface area contributed by atoms with Crippen LogP contribution in [0.5, 0.6) is 0 Å². The maximum atomic E-state index is 9.10. The topological polar surface area (TPSA) is 20.2 Å². The molecule has 0 saturated heterocycles. The largest absolute Gasteiger partial charge is 0.383 e. The molecule has 0 saturated carbocycles. The molecule has 1 rings (SSSR count). The van der Waals surface area contributed by atoms with Crippen molar-refractivity contribution < 1.29 is 5.11 Å². The Morgan fingerprint density at radius 2 is 2.33 bits per heavy atom. The van der Waals surface area contributed by atoms with Crippen LogP contribution >= 0.6 is 11.6 Å². The number of allylic oxidation sites excluding steroid dienone is 2. The lowest BCUT2D eigenvalue weighted by molar-refractivity contribution is 0.258. The van der Waals surface area contributed by atoms with Crippen LogP contribution in [0.4, 0.5) is 0 Å². The van der Waals surface area contributed by atoms with E-state index < -0.39 is 6.10 Å². The van der Waals surface area contributed by atoms with E-state index in [1.165, 1.54) is 0 Å². The molecule has 0 aromatic carbocycles. The Morgan fingerprint density at radius 1 is 1.67 bits per heavy atom. The Morgan fingerprint density at radius 3 is 2.78 bits per heavy atom. The van der Waals surface area contributed by atoms with Crippen molar-refractivity contribution in [2.24, 2.45) is 0 Å². The Hall–Kier alpha value is -0.530. The van der Waals surface area contributed by atoms with Crippen molar-refractivity contribution >= 4 is 11.6 Å². The zero-order chi connectivity index (χ0) is 6.85. The van der Waals surface area contributed by atoms with E-state index in [-0.39, 0.29) is 0 Å². The van der Waals surface area contributed by atoms with Gasteiger partial charge in [-0.05, 0) is 11.6 Å². The Bertz CT molecular complexity index is 191. The zero-order valence-electron chi connectivity index (χ0n) is 4.84. The number of aliphatic hydroxyl groups is 1. The number of hydrogen-bond acceptors (Lipinski definition) is 1. The summed E-state index contributed by atoms with van der Waals surface area (Å²) in [7, 11) is 0. The molecule has 0 heterocycles. The van der Waals surface area contributed by atoms with E-state index in [0.717, 1.165) is 0 Å². The summed E-state index contributed by atoms with van der Waals surface area (Å²) in [6, 6.07) is 0. The Kier molecular flexibility index (Phi) is 1.74. The first-order chi connectivity index (χ1) is 4.22. The summed E-state index contributed by atoms with van der Waals surface area (Å²) in [5, 5.41) is 9.53. The Labute approximate surface area is 59.0 Å². The number of hydrogen-bond donors (Lipinski definition) is 1. The van der Waals surface area contributed by atoms with Crippen molar-refractivity contribution in [3.63, 3.8) is 0 Å². The first-order valence-electron chi connectivity index (χ1n) is 2.62. The lowest BCUT2D eigenvalue weighted by Crippen LogP contribution is -2.09. The number of rotatable bonds is 0. The van der Waals surface area contributed by atoms with Gasteiger partial charge in [0.25, 0.3) is 0 Å². The maximum Gasteiger partial charge on any atom is 0.114 e. The molecule has 48 valence electrons. The second-order valence-electron chi connectivity index (χ2n) is 1.89. The predicted molar refractivity (Wildman–Crippen MR) is 38.2 cm³/mol. The molecule has 1 atom stereocenters. The summed E-state index contributed by atoms with van der Waals surface area (Å²) >= 11 is 5.56. The molecule has 0 unspecified atom stereocenters. The summed E-state index contributed by atoms with van der Waals surface area (Å²) in [4.78, 5) is 0. The number of aliphatic hydroxyl groups excluding tert-OH is 1. The molecule has 1 aliphatic carbocycles. The van der Waals surface area contributed by atoms with Crippen LogP contribution in [0.3, 0.4) is 0 Å². The molecule has 1 aliphatic rings. The molecule has 1 N–H and O–H groups in total. The quantitative estimate of drug-likeness (QED) is 0.545. The maximum absolute atomic E-state index is 9.10. The second-order valence-corrected chi connectivity index (χ2v) is 2.32. The van der Waals surface area contributed by atoms with Crippen LogP contribution in [0.2, 0.25) is 0 Å². The van der Waals surface area contributed by atoms with Crippen LogP contribution in [-0.2, 0) is 0 Å². The van der Waals surface area contributed by atoms with E-state index in [9.17, 15) is 0 Å². The molecule has 0 bridgehead atoms. The van der Waals surface area contributed by atoms with E-state index in [0.29, 0.717) is 10.6 Å². The van der Waals surface area contributed by atoms with Gasteiger partial charge < -0.3 is 5.11 Å². The standard InChI is InChI=1S/C7H7ClO/c1-5-3-2-4-6(8)7(5)9/h2-4,7,9H,1H2/t7-/m0/s1. The van der Waals surface area contributed by atoms with Crippen molar-refractivity contribution in [1.29, 1.82) is 0 Å². The van der Waals surface area contributed by atoms with Crippen LogP contribution in [0.15, 0.2) is 35.4 Å². The molecule has 0 spiro atoms. The van der Waals surface area contributed by atoms with Gasteiger partial charge in [0.05, 0.1) is 5.03 Å². The van der Waals surface area contributed by atoms with Crippen LogP contribution in [0.25, 0.3) is 0 Å². The summed E-state index contributed by atoms with van der Waals surface area (Å²) < 4.78 is 0. The molecule has 0 radical (unpaired) electrons. The van der Waals surface area contributed by atoms with Gasteiger partial charge in [-0.1, -0.05) is 30.3 Å². The molecule has 0 aliphatic heterocycles. The summed E-state index contributed by atoms with van der Waals surface area (Å²) in [6.45, 7) is 3.58. The van der Waals surface area contributed by atoms with E-state index in [1.807, 2.05) is 0 Å². The average Bonchev–Trinajstić information content (AvgIpc) is 1.83. The lowest BCUT2D eigenvalue weighted by Gasteiger charge is -2.11. The second kappa shape index (κ2) is 2.38. The van der Waals surface area contributed by atoms with Crippen molar-refractivity contribution in [1.82, 2.24) is 0 Å². The van der Waals surface area contributed by atoms with Gasteiger partial charge in [0.1, 0.15) is 6.10 Å². The zero-order valence-corrected chi connectivity index (χ0v) is 5.60. The molecular weight excluding hydrogens is 136 g/mol. The highest BCUT2D eigenvalue weighted by atomic mass is 35.5. The van der Waals surface area contributed by atoms with Crippen molar-refractivity contribution in [3.05, 3.63) is 35.4 Å². The van der Waals surface area contributed by atoms with Gasteiger partial charge in [0.15, 0.2) is 0 Å². The first kappa shape index (κ1) is 6.59. The summed E-state index contributed by atoms with van der Waals surface area (Å²) in [5.41, 5.74) is 0.641. The minimum Gasteiger partial charge on any atom is -0.383 e. The van der Waals surface area contributed by atoms with Crippen molar-refractivity contribution in [2.75, 3.05) is 0 Å². The van der Waals surface area contributed by atoms with Crippen LogP contribution < -0.4 is 0 Å². The van der Waals surface area contributed by atoms with E-state index in [2.05, 4.69) is 6.58 Å². The van der Waals surface area contributed by atoms with Gasteiger partial charge in [-0.25, -0.2) is 0 Å². The minimum atomic E-state index is -0.684. The monoisotopic (exact) mass is 142 g/mol. The van der Waals surface area contributed by atoms with Gasteiger partial charge in [-0.3, -0.25) is 0 Å². The molecule has 2 heteroatoms. The highest BCUT2D eigenvalue weighted by molar-refractivity contribution is 6.30. The van der Waals surface area contributed by atoms with Gasteiger partial charge in [0.2, 0.25) is 0 Å². The SMILES string of the molecule is C=C1C=CC=C(Cl)[C@H]1O. The van der Waals surface area contributed by atoms with Crippen LogP contribution in [0, 0.1) is 0 Å². The fraction of sp³-hybridized carbons (Fsp3) is 0.143. The number of halogens is 1. The van der Waals surface area contributed by atoms with Gasteiger partial charge in [0, 0.05) is 0 Å². The normalized spacial score (nSPS) is 26.2. The van der Waals surface area contributed by atoms with Crippen LogP contribution in [0.1, 0.15) is 0 Å². The molecule has 0 amide bonds. The third kappa shape index (κ3) is 1.23. The lowest BCUT2D eigenvalue weighted by atomic mass is 10.1. The highest BCUT2D eigenvalue weighted by Crippen LogP contribution is 2.19. The molecule has 1 nitrogen and oxygen atoms in total. The fourth-order valence-corrected chi connectivity index (χ4v) is 0.836. The molecule has 0 aromatic heterocycles. The first-order valence-corrected chi connectivity index (χ1v) is 3.00. The fourth-order valence-electron chi connectivity index (χ4n) is 0.623. The third-order valence-corrected chi connectivity index (χ3v) is 1.51. The van der Waals surface area contributed by atoms with Gasteiger partial charge >= 0.3 is 0 Å². The molecular formula is C7H7ClO. The van der Waals surface area contributed by atoms with Gasteiger partial charge in [-0.2, -0.15) is 0 Å². The minimum absolute atomic E-state index is 0.433. The van der Waals surface area contributed by atoms with E-state index in [4.69, 9.17) is 16.7 Å². The van der Waals surface area contributed by atoms with E-state index in [1.54, 1.807) is 18.2 Å². The molecule has 9 heavy (non-hydrogen) atoms. The predicted octanol–water partition coefficient (Wildman–Crippen LogP) is 1.60. The average molecular weight is 143 g/mol. The molecule has 0 fully saturated rings. The van der Waals surface area contributed by atoms with Gasteiger partial charge in [-0.15, -0.1) is 0 Å². The summed E-state index contributed by atoms with van der Waals surface area (Å²) in [5.74, 6) is 0. The van der Waals surface area contributed by atoms with E-state index >= 15 is 0 Å². The Balaban J connectivity index is 2.86. The van der Waals surface area contributed by atoms with Crippen LogP contribution in [-0.4, -0.2) is 11.2 Å². The third-order valence-electron chi connectivity index (χ3n) is 1.18. The highest BCUT2D eigenvalue weighted by Gasteiger charge is 2.11. The molecule has 0 aromatic rings. The smallest absolute Gasteiger partial charge is 0.114 e. The summed E-state index contributed by atoms with van der Waals surface area (Å²) in [6.07, 6.45) is 4.46. The van der Waals surface area contributed by atoms with Crippen molar-refractivity contribution in [2.45, 2.75) is 6.10 Å². The van der Waals surface area contributed by atoms with Crippen molar-refractivity contribution in [3.8, 4) is 0 Å².